The van der Waals surface area contributed by atoms with E-state index < -0.39 is 23.3 Å². The quantitative estimate of drug-likeness (QED) is 0.576. The molecular weight excluding hydrogens is 205 g/mol. The standard InChI is InChI=1S/H3O7P3/c1-8-7-10(5,6)9(2,3)4/h(H,5,6)(H2,2,3,4). The summed E-state index contributed by atoms with van der Waals surface area (Å²) >= 11 is 0. The molecule has 0 aromatic rings. The molecule has 1 unspecified atom stereocenters. The van der Waals surface area contributed by atoms with Gasteiger partial charge in [0.1, 0.15) is 0 Å². The van der Waals surface area contributed by atoms with E-state index in [2.05, 4.69) is 4.31 Å². The van der Waals surface area contributed by atoms with Gasteiger partial charge in [0.2, 0.25) is 0 Å². The van der Waals surface area contributed by atoms with E-state index in [1.165, 1.54) is 0 Å². The summed E-state index contributed by atoms with van der Waals surface area (Å²) in [4.78, 5) is 24.2. The highest BCUT2D eigenvalue weighted by Gasteiger charge is 2.42. The number of hydrogen-bond donors (Lipinski definition) is 3. The summed E-state index contributed by atoms with van der Waals surface area (Å²) in [5.74, 6) is 0. The lowest BCUT2D eigenvalue weighted by molar-refractivity contribution is 0.349. The van der Waals surface area contributed by atoms with Gasteiger partial charge in [0.15, 0.2) is 0 Å². The molecule has 10 heavy (non-hydrogen) atoms. The molecule has 0 amide bonds. The molecule has 0 aliphatic carbocycles. The maximum Gasteiger partial charge on any atom is 0.448 e. The molecule has 0 rings (SSSR count). The van der Waals surface area contributed by atoms with Gasteiger partial charge in [-0.25, -0.2) is 18.0 Å². The van der Waals surface area contributed by atoms with Gasteiger partial charge in [-0.2, -0.15) is 0 Å². The fourth-order valence-corrected chi connectivity index (χ4v) is 1.94. The Morgan fingerprint density at radius 1 is 1.20 bits per heavy atom. The van der Waals surface area contributed by atoms with Gasteiger partial charge in [0, 0.05) is 0 Å². The predicted molar refractivity (Wildman–Crippen MR) is 30.6 cm³/mol. The van der Waals surface area contributed by atoms with Crippen LogP contribution in [0.15, 0.2) is 0 Å². The highest BCUT2D eigenvalue weighted by molar-refractivity contribution is 8.27. The second kappa shape index (κ2) is 3.20. The first-order valence-electron chi connectivity index (χ1n) is 1.71. The number of hydrogen-bond acceptors (Lipinski definition) is 4. The molecular formula is H3O7P3. The summed E-state index contributed by atoms with van der Waals surface area (Å²) < 4.78 is 33.0. The lowest BCUT2D eigenvalue weighted by Crippen LogP contribution is -1.80. The minimum Gasteiger partial charge on any atom is -0.316 e. The van der Waals surface area contributed by atoms with Crippen LogP contribution >= 0.6 is 23.3 Å². The van der Waals surface area contributed by atoms with Crippen LogP contribution in [0, 0.1) is 0 Å². The van der Waals surface area contributed by atoms with Crippen molar-refractivity contribution in [3.05, 3.63) is 0 Å². The normalized spacial score (nSPS) is 18.7. The van der Waals surface area contributed by atoms with Gasteiger partial charge in [0.25, 0.3) is 0 Å². The van der Waals surface area contributed by atoms with Crippen molar-refractivity contribution in [1.29, 1.82) is 0 Å². The van der Waals surface area contributed by atoms with Crippen molar-refractivity contribution in [2.45, 2.75) is 0 Å². The smallest absolute Gasteiger partial charge is 0.316 e. The monoisotopic (exact) mass is 208 g/mol. The Morgan fingerprint density at radius 3 is 1.70 bits per heavy atom. The molecule has 60 valence electrons. The highest BCUT2D eigenvalue weighted by Crippen LogP contribution is 2.76. The van der Waals surface area contributed by atoms with E-state index in [-0.39, 0.29) is 0 Å². The second-order valence-electron chi connectivity index (χ2n) is 1.16. The van der Waals surface area contributed by atoms with Crippen LogP contribution in [0.4, 0.5) is 0 Å². The van der Waals surface area contributed by atoms with Gasteiger partial charge >= 0.3 is 23.3 Å². The molecule has 3 N–H and O–H groups in total. The van der Waals surface area contributed by atoms with Gasteiger partial charge in [-0.15, -0.1) is 0 Å². The SMILES string of the molecule is O=POP(=O)(O)P(=O)(O)O. The Hall–Kier alpha value is 0.400. The maximum absolute atomic E-state index is 10.2. The minimum absolute atomic E-state index is 1.25. The summed E-state index contributed by atoms with van der Waals surface area (Å²) in [6, 6.07) is 0. The topological polar surface area (TPSA) is 121 Å². The van der Waals surface area contributed by atoms with Crippen molar-refractivity contribution in [3.63, 3.8) is 0 Å². The first kappa shape index (κ1) is 10.4. The Kier molecular flexibility index (Phi) is 3.33. The summed E-state index contributed by atoms with van der Waals surface area (Å²) in [6.45, 7) is 0. The number of rotatable bonds is 3. The molecule has 1 atom stereocenters. The largest absolute Gasteiger partial charge is 0.448 e. The van der Waals surface area contributed by atoms with E-state index in [0.29, 0.717) is 0 Å². The van der Waals surface area contributed by atoms with Crippen LogP contribution < -0.4 is 0 Å². The van der Waals surface area contributed by atoms with Crippen LogP contribution in [0.3, 0.4) is 0 Å². The first-order valence-corrected chi connectivity index (χ1v) is 6.34. The van der Waals surface area contributed by atoms with Crippen LogP contribution in [0.5, 0.6) is 0 Å². The molecule has 0 fully saturated rings. The predicted octanol–water partition coefficient (Wildman–Crippen LogP) is 0.488. The van der Waals surface area contributed by atoms with E-state index in [1.807, 2.05) is 0 Å². The van der Waals surface area contributed by atoms with Crippen molar-refractivity contribution in [2.75, 3.05) is 0 Å². The van der Waals surface area contributed by atoms with E-state index in [0.717, 1.165) is 0 Å². The fourth-order valence-electron chi connectivity index (χ4n) is 0.0910. The van der Waals surface area contributed by atoms with Crippen molar-refractivity contribution >= 4 is 23.3 Å². The Labute approximate surface area is 56.9 Å². The Bertz CT molecular complexity index is 209. The van der Waals surface area contributed by atoms with E-state index in [9.17, 15) is 13.7 Å². The van der Waals surface area contributed by atoms with Gasteiger partial charge in [-0.3, -0.25) is 0 Å². The maximum atomic E-state index is 10.2. The van der Waals surface area contributed by atoms with Crippen molar-refractivity contribution in [2.24, 2.45) is 0 Å². The molecule has 0 heterocycles. The van der Waals surface area contributed by atoms with Gasteiger partial charge in [-0.05, 0) is 0 Å². The van der Waals surface area contributed by atoms with E-state index in [1.54, 1.807) is 0 Å². The zero-order valence-electron chi connectivity index (χ0n) is 4.32. The Morgan fingerprint density at radius 2 is 1.60 bits per heavy atom. The zero-order chi connectivity index (χ0) is 8.41. The lowest BCUT2D eigenvalue weighted by Gasteiger charge is -2.06. The minimum atomic E-state index is -5.20. The average Bonchev–Trinajstić information content (AvgIpc) is 1.61. The average molecular weight is 208 g/mol. The van der Waals surface area contributed by atoms with Gasteiger partial charge < -0.3 is 14.7 Å². The molecule has 0 aromatic carbocycles. The van der Waals surface area contributed by atoms with Gasteiger partial charge in [0.05, 0.1) is 0 Å². The van der Waals surface area contributed by atoms with Crippen LogP contribution in [-0.4, -0.2) is 14.7 Å². The Balaban J connectivity index is 4.58. The zero-order valence-corrected chi connectivity index (χ0v) is 7.00. The van der Waals surface area contributed by atoms with Crippen LogP contribution in [0.2, 0.25) is 0 Å². The molecule has 0 saturated carbocycles. The van der Waals surface area contributed by atoms with Crippen molar-refractivity contribution in [3.8, 4) is 0 Å². The van der Waals surface area contributed by atoms with Gasteiger partial charge in [-0.1, -0.05) is 0 Å². The third-order valence-corrected chi connectivity index (χ3v) is 4.88. The molecule has 0 bridgehead atoms. The molecule has 0 aliphatic rings. The molecule has 0 aliphatic heterocycles. The summed E-state index contributed by atoms with van der Waals surface area (Å²) in [5.41, 5.74) is 0. The molecule has 0 aromatic heterocycles. The molecule has 10 heteroatoms. The molecule has 0 spiro atoms. The van der Waals surface area contributed by atoms with Crippen LogP contribution in [-0.2, 0) is 18.0 Å². The third-order valence-electron chi connectivity index (χ3n) is 0.469. The summed E-state index contributed by atoms with van der Waals surface area (Å²) in [5, 5.41) is 0. The molecule has 0 saturated heterocycles. The third kappa shape index (κ3) is 2.56. The molecule has 7 nitrogen and oxygen atoms in total. The van der Waals surface area contributed by atoms with Crippen LogP contribution in [0.1, 0.15) is 0 Å². The summed E-state index contributed by atoms with van der Waals surface area (Å²) in [7, 11) is -11.5. The van der Waals surface area contributed by atoms with E-state index in [4.69, 9.17) is 14.7 Å². The second-order valence-corrected chi connectivity index (χ2v) is 7.05. The van der Waals surface area contributed by atoms with Crippen LogP contribution in [0.25, 0.3) is 0 Å². The van der Waals surface area contributed by atoms with Crippen molar-refractivity contribution in [1.82, 2.24) is 0 Å². The fraction of sp³-hybridized carbons (Fsp3) is 0. The molecule has 0 radical (unpaired) electrons. The summed E-state index contributed by atoms with van der Waals surface area (Å²) in [6.07, 6.45) is 0. The first-order chi connectivity index (χ1) is 4.31. The lowest BCUT2D eigenvalue weighted by atomic mass is 15.8. The van der Waals surface area contributed by atoms with Crippen molar-refractivity contribution < 1.29 is 32.7 Å². The highest BCUT2D eigenvalue weighted by atomic mass is 32.1. The van der Waals surface area contributed by atoms with E-state index >= 15 is 0 Å².